The van der Waals surface area contributed by atoms with Gasteiger partial charge in [0, 0.05) is 18.2 Å². The normalized spacial score (nSPS) is 18.9. The number of guanidine groups is 1. The summed E-state index contributed by atoms with van der Waals surface area (Å²) in [7, 11) is 1.45. The molecular weight excluding hydrogens is 423 g/mol. The number of nitrogens with zero attached hydrogens (tertiary/aromatic N) is 2. The number of carbonyl (C=O) groups is 1. The van der Waals surface area contributed by atoms with Crippen LogP contribution in [0.15, 0.2) is 41.4 Å². The molecule has 9 heteroatoms. The lowest BCUT2D eigenvalue weighted by molar-refractivity contribution is -0.274. The van der Waals surface area contributed by atoms with E-state index in [1.165, 1.54) is 31.7 Å². The Morgan fingerprint density at radius 2 is 1.78 bits per heavy atom. The minimum Gasteiger partial charge on any atom is -0.457 e. The van der Waals surface area contributed by atoms with Crippen molar-refractivity contribution in [1.82, 2.24) is 4.90 Å². The van der Waals surface area contributed by atoms with Gasteiger partial charge in [0.1, 0.15) is 23.3 Å². The molecule has 32 heavy (non-hydrogen) atoms. The molecule has 1 heterocycles. The number of rotatable bonds is 4. The van der Waals surface area contributed by atoms with Gasteiger partial charge in [0.2, 0.25) is 6.41 Å². The second-order valence-electron chi connectivity index (χ2n) is 8.09. The summed E-state index contributed by atoms with van der Waals surface area (Å²) in [5, 5.41) is 0. The molecule has 6 nitrogen and oxygen atoms in total. The van der Waals surface area contributed by atoms with Crippen molar-refractivity contribution >= 4 is 12.4 Å². The van der Waals surface area contributed by atoms with Crippen LogP contribution in [-0.2, 0) is 4.79 Å². The first kappa shape index (κ1) is 22.0. The van der Waals surface area contributed by atoms with E-state index >= 15 is 0 Å². The average Bonchev–Trinajstić information content (AvgIpc) is 2.77. The van der Waals surface area contributed by atoms with Crippen LogP contribution in [0.4, 0.5) is 13.2 Å². The number of ether oxygens (including phenoxy) is 2. The molecule has 2 N–H and O–H groups in total. The molecule has 2 aromatic carbocycles. The van der Waals surface area contributed by atoms with Crippen LogP contribution >= 0.6 is 0 Å². The summed E-state index contributed by atoms with van der Waals surface area (Å²) in [6, 6.07) is 8.99. The number of benzene rings is 2. The summed E-state index contributed by atoms with van der Waals surface area (Å²) >= 11 is 0. The summed E-state index contributed by atoms with van der Waals surface area (Å²) < 4.78 is 48.4. The van der Waals surface area contributed by atoms with E-state index in [1.807, 2.05) is 18.2 Å². The highest BCUT2D eigenvalue weighted by atomic mass is 19.4. The Labute approximate surface area is 183 Å². The number of hydrogen-bond donors (Lipinski definition) is 1. The van der Waals surface area contributed by atoms with Crippen molar-refractivity contribution < 1.29 is 27.4 Å². The third kappa shape index (κ3) is 4.66. The summed E-state index contributed by atoms with van der Waals surface area (Å²) in [6.07, 6.45) is 1.41. The quantitative estimate of drug-likeness (QED) is 0.396. The molecular formula is C23H24F3N3O3. The molecule has 0 radical (unpaired) electrons. The number of alkyl halides is 3. The molecule has 1 unspecified atom stereocenters. The van der Waals surface area contributed by atoms with Crippen LogP contribution < -0.4 is 15.2 Å². The lowest BCUT2D eigenvalue weighted by Crippen LogP contribution is -2.33. The fraction of sp³-hybridized carbons (Fsp3) is 0.391. The lowest BCUT2D eigenvalue weighted by Gasteiger charge is -2.29. The van der Waals surface area contributed by atoms with Crippen molar-refractivity contribution in [3.8, 4) is 17.2 Å². The molecule has 0 aromatic heterocycles. The second kappa shape index (κ2) is 8.72. The van der Waals surface area contributed by atoms with Gasteiger partial charge in [0.15, 0.2) is 5.96 Å². The molecule has 1 atom stereocenters. The van der Waals surface area contributed by atoms with Crippen molar-refractivity contribution in [3.05, 3.63) is 53.1 Å². The van der Waals surface area contributed by atoms with Crippen LogP contribution in [0.2, 0.25) is 0 Å². The Bertz CT molecular complexity index is 1030. The first-order valence-electron chi connectivity index (χ1n) is 10.5. The summed E-state index contributed by atoms with van der Waals surface area (Å²) in [6.45, 7) is 0. The van der Waals surface area contributed by atoms with Gasteiger partial charge >= 0.3 is 6.36 Å². The minimum absolute atomic E-state index is 0.0611. The molecule has 4 rings (SSSR count). The molecule has 1 amide bonds. The maximum absolute atomic E-state index is 12.8. The van der Waals surface area contributed by atoms with Crippen LogP contribution in [-0.4, -0.2) is 30.7 Å². The van der Waals surface area contributed by atoms with E-state index in [0.29, 0.717) is 35.0 Å². The molecule has 0 spiro atoms. The van der Waals surface area contributed by atoms with Crippen molar-refractivity contribution in [2.75, 3.05) is 7.05 Å². The summed E-state index contributed by atoms with van der Waals surface area (Å²) in [5.41, 5.74) is 8.19. The van der Waals surface area contributed by atoms with Crippen molar-refractivity contribution in [3.63, 3.8) is 0 Å². The Balaban J connectivity index is 1.80. The van der Waals surface area contributed by atoms with E-state index in [2.05, 4.69) is 9.73 Å². The zero-order chi connectivity index (χ0) is 22.9. The molecule has 0 saturated heterocycles. The van der Waals surface area contributed by atoms with Crippen molar-refractivity contribution in [2.45, 2.75) is 50.4 Å². The topological polar surface area (TPSA) is 77.2 Å². The second-order valence-corrected chi connectivity index (χ2v) is 8.09. The highest BCUT2D eigenvalue weighted by Gasteiger charge is 2.34. The number of amides is 1. The molecule has 1 aliphatic carbocycles. The number of nitrogens with two attached hydrogens (primary N) is 1. The molecule has 1 aliphatic heterocycles. The number of halogens is 3. The number of aliphatic imine (C=N–C) groups is 1. The van der Waals surface area contributed by atoms with E-state index in [0.717, 1.165) is 36.1 Å². The van der Waals surface area contributed by atoms with Gasteiger partial charge < -0.3 is 15.2 Å². The van der Waals surface area contributed by atoms with E-state index < -0.39 is 12.4 Å². The van der Waals surface area contributed by atoms with Crippen LogP contribution in [0.3, 0.4) is 0 Å². The zero-order valence-electron chi connectivity index (χ0n) is 17.6. The van der Waals surface area contributed by atoms with Crippen LogP contribution in [0.1, 0.15) is 60.8 Å². The van der Waals surface area contributed by atoms with Gasteiger partial charge in [-0.15, -0.1) is 13.2 Å². The van der Waals surface area contributed by atoms with E-state index in [1.54, 1.807) is 0 Å². The van der Waals surface area contributed by atoms with Crippen molar-refractivity contribution in [1.29, 1.82) is 0 Å². The minimum atomic E-state index is -4.83. The molecule has 1 fully saturated rings. The zero-order valence-corrected chi connectivity index (χ0v) is 17.6. The predicted octanol–water partition coefficient (Wildman–Crippen LogP) is 5.23. The fourth-order valence-corrected chi connectivity index (χ4v) is 4.30. The van der Waals surface area contributed by atoms with Gasteiger partial charge in [-0.05, 0) is 54.7 Å². The third-order valence-electron chi connectivity index (χ3n) is 5.92. The highest BCUT2D eigenvalue weighted by molar-refractivity contribution is 5.87. The first-order valence-corrected chi connectivity index (χ1v) is 10.5. The van der Waals surface area contributed by atoms with Gasteiger partial charge in [-0.1, -0.05) is 25.3 Å². The van der Waals surface area contributed by atoms with Gasteiger partial charge in [-0.25, -0.2) is 4.99 Å². The molecule has 170 valence electrons. The molecule has 2 aromatic rings. The van der Waals surface area contributed by atoms with Crippen LogP contribution in [0, 0.1) is 0 Å². The SMILES string of the molecule is CN(C=O)C(N)=NC1c2cc(OC(F)(F)F)ccc2Oc2ccc(C3CCCCC3)cc21. The number of fused-ring (bicyclic) bond motifs is 2. The number of hydrogen-bond acceptors (Lipinski definition) is 4. The Kier molecular flexibility index (Phi) is 5.99. The number of carbonyl (C=O) groups excluding carboxylic acids is 1. The average molecular weight is 447 g/mol. The largest absolute Gasteiger partial charge is 0.573 e. The molecule has 1 saturated carbocycles. The molecule has 0 bridgehead atoms. The van der Waals surface area contributed by atoms with E-state index in [4.69, 9.17) is 10.5 Å². The first-order chi connectivity index (χ1) is 15.2. The lowest BCUT2D eigenvalue weighted by atomic mass is 9.82. The Morgan fingerprint density at radius 3 is 2.44 bits per heavy atom. The standard InChI is InChI=1S/C23H24F3N3O3/c1-29(13-30)22(27)28-21-17-11-15(14-5-3-2-4-6-14)7-9-19(17)31-20-10-8-16(12-18(20)21)32-23(24,25)26/h7-14,21H,2-6H2,1H3,(H2,27,28). The Morgan fingerprint density at radius 1 is 1.12 bits per heavy atom. The summed E-state index contributed by atoms with van der Waals surface area (Å²) in [4.78, 5) is 16.7. The maximum atomic E-state index is 12.8. The van der Waals surface area contributed by atoms with Gasteiger partial charge in [-0.2, -0.15) is 0 Å². The smallest absolute Gasteiger partial charge is 0.457 e. The van der Waals surface area contributed by atoms with Crippen LogP contribution in [0.25, 0.3) is 0 Å². The van der Waals surface area contributed by atoms with E-state index in [9.17, 15) is 18.0 Å². The summed E-state index contributed by atoms with van der Waals surface area (Å²) in [5.74, 6) is 0.878. The predicted molar refractivity (Wildman–Crippen MR) is 113 cm³/mol. The molecule has 2 aliphatic rings. The van der Waals surface area contributed by atoms with E-state index in [-0.39, 0.29) is 11.7 Å². The van der Waals surface area contributed by atoms with Gasteiger partial charge in [0.05, 0.1) is 0 Å². The Hall–Kier alpha value is -3.23. The van der Waals surface area contributed by atoms with Crippen LogP contribution in [0.5, 0.6) is 17.2 Å². The third-order valence-corrected chi connectivity index (χ3v) is 5.92. The van der Waals surface area contributed by atoms with Gasteiger partial charge in [0.25, 0.3) is 0 Å². The fourth-order valence-electron chi connectivity index (χ4n) is 4.30. The highest BCUT2D eigenvalue weighted by Crippen LogP contribution is 2.48. The maximum Gasteiger partial charge on any atom is 0.573 e. The van der Waals surface area contributed by atoms with Crippen molar-refractivity contribution in [2.24, 2.45) is 10.7 Å². The van der Waals surface area contributed by atoms with Gasteiger partial charge in [-0.3, -0.25) is 9.69 Å². The monoisotopic (exact) mass is 447 g/mol.